The Labute approximate surface area is 180 Å². The van der Waals surface area contributed by atoms with Gasteiger partial charge in [-0.15, -0.1) is 0 Å². The van der Waals surface area contributed by atoms with Crippen LogP contribution < -0.4 is 10.1 Å². The maximum atomic E-state index is 6.26. The molecule has 0 aliphatic carbocycles. The summed E-state index contributed by atoms with van der Waals surface area (Å²) >= 11 is 6.26. The fourth-order valence-electron chi connectivity index (χ4n) is 2.17. The van der Waals surface area contributed by atoms with Gasteiger partial charge in [0.1, 0.15) is 5.75 Å². The maximum Gasteiger partial charge on any atom is 0.251 e. The summed E-state index contributed by atoms with van der Waals surface area (Å²) < 4.78 is 5.63. The largest absolute Gasteiger partial charge is 0.489 e. The van der Waals surface area contributed by atoms with Gasteiger partial charge in [-0.05, 0) is 55.8 Å². The summed E-state index contributed by atoms with van der Waals surface area (Å²) in [7, 11) is 1.86. The minimum atomic E-state index is 0.0700. The van der Waals surface area contributed by atoms with Gasteiger partial charge < -0.3 is 14.9 Å². The van der Waals surface area contributed by atoms with Gasteiger partial charge in [0, 0.05) is 25.0 Å². The number of nitrogens with zero attached hydrogens (tertiary/aromatic N) is 2. The molecule has 0 aromatic heterocycles. The van der Waals surface area contributed by atoms with Crippen molar-refractivity contribution in [2.45, 2.75) is 54.2 Å². The van der Waals surface area contributed by atoms with Gasteiger partial charge in [-0.2, -0.15) is 0 Å². The van der Waals surface area contributed by atoms with Gasteiger partial charge in [0.15, 0.2) is 0 Å². The Morgan fingerprint density at radius 3 is 2.17 bits per heavy atom. The van der Waals surface area contributed by atoms with Crippen molar-refractivity contribution >= 4 is 29.9 Å². The normalized spacial score (nSPS) is 10.2. The van der Waals surface area contributed by atoms with Gasteiger partial charge in [0.2, 0.25) is 0 Å². The van der Waals surface area contributed by atoms with Crippen LogP contribution in [-0.2, 0) is 11.4 Å². The first-order valence-corrected chi connectivity index (χ1v) is 10.3. The van der Waals surface area contributed by atoms with Gasteiger partial charge in [0.25, 0.3) is 5.90 Å². The number of rotatable bonds is 7. The quantitative estimate of drug-likeness (QED) is 0.305. The molecule has 2 aromatic carbocycles. The first-order valence-electron chi connectivity index (χ1n) is 9.94. The molecule has 2 aromatic rings. The summed E-state index contributed by atoms with van der Waals surface area (Å²) in [5.41, 5.74) is 2.76. The van der Waals surface area contributed by atoms with Gasteiger partial charge in [-0.3, -0.25) is 0 Å². The molecule has 29 heavy (non-hydrogen) atoms. The molecule has 0 saturated carbocycles. The maximum absolute atomic E-state index is 6.26. The smallest absolute Gasteiger partial charge is 0.251 e. The Kier molecular flexibility index (Phi) is 14.1. The topological polar surface area (TPSA) is 55.2 Å². The van der Waals surface area contributed by atoms with Crippen molar-refractivity contribution in [3.63, 3.8) is 0 Å². The highest BCUT2D eigenvalue weighted by molar-refractivity contribution is 6.32. The van der Waals surface area contributed by atoms with E-state index in [9.17, 15) is 0 Å². The van der Waals surface area contributed by atoms with Crippen LogP contribution in [0.25, 0.3) is 0 Å². The Morgan fingerprint density at radius 1 is 1.07 bits per heavy atom. The molecule has 160 valence electrons. The first kappa shape index (κ1) is 26.5. The third-order valence-electron chi connectivity index (χ3n) is 3.34. The van der Waals surface area contributed by atoms with Crippen molar-refractivity contribution in [2.75, 3.05) is 12.4 Å². The number of aliphatic imine (C=N–C) groups is 1. The van der Waals surface area contributed by atoms with Crippen LogP contribution in [0.1, 0.15) is 52.7 Å². The summed E-state index contributed by atoms with van der Waals surface area (Å²) in [4.78, 5) is 9.70. The molecular weight excluding hydrogens is 386 g/mol. The van der Waals surface area contributed by atoms with Crippen LogP contribution in [-0.4, -0.2) is 25.8 Å². The fraction of sp³-hybridized carbons (Fsp3) is 0.391. The third-order valence-corrected chi connectivity index (χ3v) is 3.63. The lowest BCUT2D eigenvalue weighted by atomic mass is 10.2. The second-order valence-corrected chi connectivity index (χ2v) is 6.01. The molecule has 0 heterocycles. The molecule has 0 radical (unpaired) electrons. The van der Waals surface area contributed by atoms with Crippen LogP contribution in [0.4, 0.5) is 5.69 Å². The molecular formula is C23H34ClN3O2. The van der Waals surface area contributed by atoms with E-state index in [1.54, 1.807) is 0 Å². The zero-order valence-electron chi connectivity index (χ0n) is 18.6. The summed E-state index contributed by atoms with van der Waals surface area (Å²) in [5.74, 6) is 1.06. The van der Waals surface area contributed by atoms with Crippen LogP contribution in [0.3, 0.4) is 0 Å². The minimum Gasteiger partial charge on any atom is -0.489 e. The highest BCUT2D eigenvalue weighted by atomic mass is 35.5. The third kappa shape index (κ3) is 9.48. The van der Waals surface area contributed by atoms with E-state index >= 15 is 0 Å². The van der Waals surface area contributed by atoms with E-state index in [-0.39, 0.29) is 6.10 Å². The van der Waals surface area contributed by atoms with Crippen LogP contribution >= 0.6 is 11.6 Å². The number of hydrogen-bond donors (Lipinski definition) is 1. The molecule has 0 amide bonds. The number of ether oxygens (including phenoxy) is 1. The zero-order valence-corrected chi connectivity index (χ0v) is 19.4. The average molecular weight is 420 g/mol. The molecule has 0 fully saturated rings. The highest BCUT2D eigenvalue weighted by Crippen LogP contribution is 2.26. The van der Waals surface area contributed by atoms with Crippen molar-refractivity contribution in [3.05, 3.63) is 58.6 Å². The zero-order chi connectivity index (χ0) is 22.2. The number of halogens is 1. The fourth-order valence-corrected chi connectivity index (χ4v) is 2.42. The molecule has 0 bridgehead atoms. The summed E-state index contributed by atoms with van der Waals surface area (Å²) in [6.45, 7) is 15.7. The van der Waals surface area contributed by atoms with E-state index in [0.29, 0.717) is 23.2 Å². The number of oxime groups is 1. The molecule has 5 nitrogen and oxygen atoms in total. The molecule has 0 saturated heterocycles. The van der Waals surface area contributed by atoms with Gasteiger partial charge in [-0.25, -0.2) is 4.99 Å². The van der Waals surface area contributed by atoms with E-state index in [4.69, 9.17) is 21.2 Å². The second kappa shape index (κ2) is 15.4. The van der Waals surface area contributed by atoms with E-state index in [1.807, 2.05) is 91.1 Å². The van der Waals surface area contributed by atoms with Crippen LogP contribution in [0, 0.1) is 0 Å². The lowest BCUT2D eigenvalue weighted by Gasteiger charge is -2.12. The molecule has 0 aliphatic rings. The molecule has 0 unspecified atom stereocenters. The molecule has 0 aliphatic heterocycles. The summed E-state index contributed by atoms with van der Waals surface area (Å²) in [5, 5.41) is 7.11. The van der Waals surface area contributed by atoms with Crippen molar-refractivity contribution in [1.29, 1.82) is 0 Å². The van der Waals surface area contributed by atoms with Crippen LogP contribution in [0.2, 0.25) is 5.02 Å². The lowest BCUT2D eigenvalue weighted by molar-refractivity contribution is 0.242. The number of hydrogen-bond acceptors (Lipinski definition) is 5. The number of anilines is 1. The summed E-state index contributed by atoms with van der Waals surface area (Å²) in [6, 6.07) is 13.3. The van der Waals surface area contributed by atoms with Crippen molar-refractivity contribution in [1.82, 2.24) is 0 Å². The van der Waals surface area contributed by atoms with Crippen molar-refractivity contribution in [3.8, 4) is 5.75 Å². The van der Waals surface area contributed by atoms with Crippen LogP contribution in [0.15, 0.2) is 52.6 Å². The molecule has 1 N–H and O–H groups in total. The van der Waals surface area contributed by atoms with Gasteiger partial charge in [-0.1, -0.05) is 50.5 Å². The summed E-state index contributed by atoms with van der Waals surface area (Å²) in [6.07, 6.45) is 0.0700. The van der Waals surface area contributed by atoms with Crippen LogP contribution in [0.5, 0.6) is 5.75 Å². The Hall–Kier alpha value is -2.53. The minimum absolute atomic E-state index is 0.0700. The van der Waals surface area contributed by atoms with Crippen molar-refractivity contribution < 1.29 is 9.57 Å². The number of nitrogens with one attached hydrogen (secondary N) is 1. The average Bonchev–Trinajstić information content (AvgIpc) is 2.75. The van der Waals surface area contributed by atoms with Gasteiger partial charge >= 0.3 is 0 Å². The molecule has 2 rings (SSSR count). The Bertz CT molecular complexity index is 744. The SMILES string of the molecule is C=NOC(=NCc1ccc(OC(C)C)c(Cl)c1)c1ccc(NC)cc1.CC.CC. The van der Waals surface area contributed by atoms with Crippen molar-refractivity contribution in [2.24, 2.45) is 10.1 Å². The molecule has 0 spiro atoms. The Morgan fingerprint density at radius 2 is 1.69 bits per heavy atom. The molecule has 0 atom stereocenters. The monoisotopic (exact) mass is 419 g/mol. The van der Waals surface area contributed by atoms with E-state index in [0.717, 1.165) is 16.8 Å². The van der Waals surface area contributed by atoms with E-state index in [1.165, 1.54) is 0 Å². The predicted molar refractivity (Wildman–Crippen MR) is 127 cm³/mol. The Balaban J connectivity index is 0.00000184. The first-order chi connectivity index (χ1) is 14.0. The number of benzene rings is 2. The predicted octanol–water partition coefficient (Wildman–Crippen LogP) is 6.80. The second-order valence-electron chi connectivity index (χ2n) is 5.60. The lowest BCUT2D eigenvalue weighted by Crippen LogP contribution is -2.06. The van der Waals surface area contributed by atoms with E-state index in [2.05, 4.69) is 22.2 Å². The molecule has 6 heteroatoms. The van der Waals surface area contributed by atoms with E-state index < -0.39 is 0 Å². The highest BCUT2D eigenvalue weighted by Gasteiger charge is 2.08. The van der Waals surface area contributed by atoms with Gasteiger partial charge in [0.05, 0.1) is 17.7 Å². The standard InChI is InChI=1S/C19H22ClN3O2.2C2H6/c1-13(2)24-18-10-5-14(11-17(18)20)12-23-19(25-22-4)15-6-8-16(21-3)9-7-15;2*1-2/h5-11,13,21H,4,12H2,1-3H3;2*1-2H3.